The zero-order valence-corrected chi connectivity index (χ0v) is 8.27. The van der Waals surface area contributed by atoms with Gasteiger partial charge in [-0.2, -0.15) is 0 Å². The Labute approximate surface area is 83.3 Å². The highest BCUT2D eigenvalue weighted by Gasteiger charge is 2.00. The predicted octanol–water partition coefficient (Wildman–Crippen LogP) is 0.632. The van der Waals surface area contributed by atoms with Crippen LogP contribution in [0.25, 0.3) is 0 Å². The van der Waals surface area contributed by atoms with Gasteiger partial charge in [-0.25, -0.2) is 0 Å². The Kier molecular flexibility index (Phi) is 4.12. The lowest BCUT2D eigenvalue weighted by molar-refractivity contribution is 0.164. The van der Waals surface area contributed by atoms with Crippen LogP contribution in [0.15, 0.2) is 12.1 Å². The Balaban J connectivity index is 2.28. The summed E-state index contributed by atoms with van der Waals surface area (Å²) in [5, 5.41) is 19.9. The summed E-state index contributed by atoms with van der Waals surface area (Å²) in [6, 6.07) is 3.45. The zero-order chi connectivity index (χ0) is 10.4. The van der Waals surface area contributed by atoms with Crippen LogP contribution in [0.1, 0.15) is 19.8 Å². The molecular formula is C9H16N4O. The molecule has 0 bridgehead atoms. The summed E-state index contributed by atoms with van der Waals surface area (Å²) < 4.78 is 0. The highest BCUT2D eigenvalue weighted by molar-refractivity contribution is 5.38. The summed E-state index contributed by atoms with van der Waals surface area (Å²) in [5.41, 5.74) is 5.38. The maximum Gasteiger partial charge on any atom is 0.148 e. The van der Waals surface area contributed by atoms with Gasteiger partial charge in [-0.05, 0) is 25.0 Å². The minimum absolute atomic E-state index is 0.246. The molecule has 0 radical (unpaired) electrons. The standard InChI is InChI=1S/C9H16N4O/c1-2-7(14)5-6-11-9-4-3-8(10)12-13-9/h3-4,7,14H,2,5-6H2,1H3,(H2,10,12)(H,11,13). The van der Waals surface area contributed by atoms with Gasteiger partial charge in [-0.15, -0.1) is 10.2 Å². The van der Waals surface area contributed by atoms with Crippen molar-refractivity contribution < 1.29 is 5.11 Å². The fourth-order valence-electron chi connectivity index (χ4n) is 1.01. The van der Waals surface area contributed by atoms with E-state index in [1.807, 2.05) is 6.92 Å². The number of hydrogen-bond donors (Lipinski definition) is 3. The molecule has 0 aliphatic heterocycles. The molecule has 0 aromatic carbocycles. The zero-order valence-electron chi connectivity index (χ0n) is 8.27. The first-order valence-electron chi connectivity index (χ1n) is 4.73. The smallest absolute Gasteiger partial charge is 0.148 e. The Morgan fingerprint density at radius 3 is 2.86 bits per heavy atom. The van der Waals surface area contributed by atoms with Crippen LogP contribution < -0.4 is 11.1 Å². The number of nitrogens with two attached hydrogens (primary N) is 1. The highest BCUT2D eigenvalue weighted by atomic mass is 16.3. The quantitative estimate of drug-likeness (QED) is 0.643. The van der Waals surface area contributed by atoms with Crippen molar-refractivity contribution in [3.05, 3.63) is 12.1 Å². The summed E-state index contributed by atoms with van der Waals surface area (Å²) in [6.45, 7) is 2.64. The summed E-state index contributed by atoms with van der Waals surface area (Å²) in [6.07, 6.45) is 1.24. The Morgan fingerprint density at radius 2 is 2.29 bits per heavy atom. The summed E-state index contributed by atoms with van der Waals surface area (Å²) in [5.74, 6) is 1.09. The van der Waals surface area contributed by atoms with Gasteiger partial charge in [-0.3, -0.25) is 0 Å². The average molecular weight is 196 g/mol. The van der Waals surface area contributed by atoms with Gasteiger partial charge in [0.15, 0.2) is 0 Å². The summed E-state index contributed by atoms with van der Waals surface area (Å²) in [4.78, 5) is 0. The molecule has 0 spiro atoms. The van der Waals surface area contributed by atoms with E-state index in [0.29, 0.717) is 24.6 Å². The van der Waals surface area contributed by atoms with Crippen molar-refractivity contribution in [3.8, 4) is 0 Å². The molecule has 1 heterocycles. The molecule has 1 aromatic heterocycles. The number of nitrogens with zero attached hydrogens (tertiary/aromatic N) is 2. The number of rotatable bonds is 5. The third kappa shape index (κ3) is 3.57. The fraction of sp³-hybridized carbons (Fsp3) is 0.556. The molecule has 4 N–H and O–H groups in total. The van der Waals surface area contributed by atoms with Gasteiger partial charge in [0.2, 0.25) is 0 Å². The molecule has 0 saturated carbocycles. The van der Waals surface area contributed by atoms with Crippen LogP contribution in [0.5, 0.6) is 0 Å². The van der Waals surface area contributed by atoms with Gasteiger partial charge < -0.3 is 16.2 Å². The molecule has 1 atom stereocenters. The molecule has 1 rings (SSSR count). The van der Waals surface area contributed by atoms with Crippen LogP contribution >= 0.6 is 0 Å². The van der Waals surface area contributed by atoms with Crippen LogP contribution in [-0.4, -0.2) is 28.0 Å². The van der Waals surface area contributed by atoms with Crippen molar-refractivity contribution in [2.24, 2.45) is 0 Å². The highest BCUT2D eigenvalue weighted by Crippen LogP contribution is 2.03. The van der Waals surface area contributed by atoms with E-state index >= 15 is 0 Å². The van der Waals surface area contributed by atoms with Crippen molar-refractivity contribution in [3.63, 3.8) is 0 Å². The van der Waals surface area contributed by atoms with Crippen LogP contribution in [0, 0.1) is 0 Å². The summed E-state index contributed by atoms with van der Waals surface area (Å²) in [7, 11) is 0. The normalized spacial score (nSPS) is 12.4. The van der Waals surface area contributed by atoms with Gasteiger partial charge in [0.25, 0.3) is 0 Å². The van der Waals surface area contributed by atoms with Crippen LogP contribution in [0.4, 0.5) is 11.6 Å². The largest absolute Gasteiger partial charge is 0.393 e. The molecule has 78 valence electrons. The number of anilines is 2. The van der Waals surface area contributed by atoms with Crippen molar-refractivity contribution in [2.75, 3.05) is 17.6 Å². The van der Waals surface area contributed by atoms with E-state index in [-0.39, 0.29) is 6.10 Å². The predicted molar refractivity (Wildman–Crippen MR) is 55.8 cm³/mol. The molecule has 5 nitrogen and oxygen atoms in total. The van der Waals surface area contributed by atoms with E-state index < -0.39 is 0 Å². The molecule has 0 aliphatic rings. The van der Waals surface area contributed by atoms with Crippen LogP contribution in [-0.2, 0) is 0 Å². The lowest BCUT2D eigenvalue weighted by Gasteiger charge is -2.08. The number of nitrogen functional groups attached to an aromatic ring is 1. The first-order valence-corrected chi connectivity index (χ1v) is 4.73. The lowest BCUT2D eigenvalue weighted by Crippen LogP contribution is -2.13. The second kappa shape index (κ2) is 5.39. The van der Waals surface area contributed by atoms with E-state index in [1.165, 1.54) is 0 Å². The number of aliphatic hydroxyl groups excluding tert-OH is 1. The second-order valence-corrected chi connectivity index (χ2v) is 3.12. The molecular weight excluding hydrogens is 180 g/mol. The van der Waals surface area contributed by atoms with E-state index in [2.05, 4.69) is 15.5 Å². The van der Waals surface area contributed by atoms with Gasteiger partial charge in [0.05, 0.1) is 6.10 Å². The first kappa shape index (κ1) is 10.7. The van der Waals surface area contributed by atoms with E-state index in [4.69, 9.17) is 5.73 Å². The Morgan fingerprint density at radius 1 is 1.50 bits per heavy atom. The van der Waals surface area contributed by atoms with Crippen LogP contribution in [0.2, 0.25) is 0 Å². The van der Waals surface area contributed by atoms with E-state index in [0.717, 1.165) is 6.42 Å². The molecule has 0 aliphatic carbocycles. The monoisotopic (exact) mass is 196 g/mol. The van der Waals surface area contributed by atoms with Crippen molar-refractivity contribution in [2.45, 2.75) is 25.9 Å². The molecule has 0 amide bonds. The molecule has 14 heavy (non-hydrogen) atoms. The topological polar surface area (TPSA) is 84.1 Å². The number of aliphatic hydroxyl groups is 1. The van der Waals surface area contributed by atoms with E-state index in [1.54, 1.807) is 12.1 Å². The van der Waals surface area contributed by atoms with Gasteiger partial charge in [-0.1, -0.05) is 6.92 Å². The van der Waals surface area contributed by atoms with Gasteiger partial charge in [0.1, 0.15) is 11.6 Å². The maximum atomic E-state index is 9.28. The number of nitrogens with one attached hydrogen (secondary N) is 1. The fourth-order valence-corrected chi connectivity index (χ4v) is 1.01. The minimum Gasteiger partial charge on any atom is -0.393 e. The van der Waals surface area contributed by atoms with Gasteiger partial charge in [0, 0.05) is 6.54 Å². The maximum absolute atomic E-state index is 9.28. The van der Waals surface area contributed by atoms with E-state index in [9.17, 15) is 5.11 Å². The molecule has 5 heteroatoms. The number of hydrogen-bond acceptors (Lipinski definition) is 5. The van der Waals surface area contributed by atoms with Crippen LogP contribution in [0.3, 0.4) is 0 Å². The van der Waals surface area contributed by atoms with Crippen molar-refractivity contribution >= 4 is 11.6 Å². The third-order valence-corrected chi connectivity index (χ3v) is 1.94. The van der Waals surface area contributed by atoms with Gasteiger partial charge >= 0.3 is 0 Å². The molecule has 1 aromatic rings. The Bertz CT molecular complexity index is 262. The summed E-state index contributed by atoms with van der Waals surface area (Å²) >= 11 is 0. The second-order valence-electron chi connectivity index (χ2n) is 3.12. The van der Waals surface area contributed by atoms with Crippen molar-refractivity contribution in [1.82, 2.24) is 10.2 Å². The SMILES string of the molecule is CCC(O)CCNc1ccc(N)nn1. The average Bonchev–Trinajstić information content (AvgIpc) is 2.21. The first-order chi connectivity index (χ1) is 6.72. The minimum atomic E-state index is -0.246. The molecule has 0 saturated heterocycles. The number of aromatic nitrogens is 2. The third-order valence-electron chi connectivity index (χ3n) is 1.94. The molecule has 1 unspecified atom stereocenters. The van der Waals surface area contributed by atoms with Crippen molar-refractivity contribution in [1.29, 1.82) is 0 Å². The Hall–Kier alpha value is -1.36. The lowest BCUT2D eigenvalue weighted by atomic mass is 10.2. The molecule has 0 fully saturated rings.